The molecule has 0 aliphatic rings. The summed E-state index contributed by atoms with van der Waals surface area (Å²) in [5.41, 5.74) is 0.617. The van der Waals surface area contributed by atoms with Gasteiger partial charge in [0.05, 0.1) is 18.1 Å². The molecule has 0 radical (unpaired) electrons. The maximum absolute atomic E-state index is 13.0. The lowest BCUT2D eigenvalue weighted by atomic mass is 10.3. The summed E-state index contributed by atoms with van der Waals surface area (Å²) in [6, 6.07) is 4.62. The predicted octanol–water partition coefficient (Wildman–Crippen LogP) is 1.41. The predicted molar refractivity (Wildman–Crippen MR) is 59.3 cm³/mol. The first-order valence-corrected chi connectivity index (χ1v) is 4.72. The maximum Gasteiger partial charge on any atom is 0.278 e. The van der Waals surface area contributed by atoms with Crippen molar-refractivity contribution in [2.24, 2.45) is 0 Å². The fourth-order valence-electron chi connectivity index (χ4n) is 1.42. The molecule has 2 aromatic rings. The zero-order valence-electron chi connectivity index (χ0n) is 8.64. The number of nitrogens with zero attached hydrogens (tertiary/aromatic N) is 2. The first-order chi connectivity index (χ1) is 7.72. The molecule has 0 aromatic carbocycles. The lowest BCUT2D eigenvalue weighted by molar-refractivity contribution is 0.619. The summed E-state index contributed by atoms with van der Waals surface area (Å²) in [5, 5.41) is 2.77. The molecule has 1 N–H and O–H groups in total. The van der Waals surface area contributed by atoms with Crippen LogP contribution >= 0.6 is 0 Å². The van der Waals surface area contributed by atoms with Crippen LogP contribution in [0.1, 0.15) is 0 Å². The van der Waals surface area contributed by atoms with Crippen LogP contribution in [-0.2, 0) is 0 Å². The van der Waals surface area contributed by atoms with Crippen molar-refractivity contribution >= 4 is 5.69 Å². The van der Waals surface area contributed by atoms with Crippen molar-refractivity contribution in [1.29, 1.82) is 0 Å². The van der Waals surface area contributed by atoms with E-state index in [2.05, 4.69) is 10.3 Å². The van der Waals surface area contributed by atoms with Crippen LogP contribution in [0.4, 0.5) is 10.1 Å². The molecule has 0 spiro atoms. The zero-order chi connectivity index (χ0) is 11.5. The fourth-order valence-corrected chi connectivity index (χ4v) is 1.42. The van der Waals surface area contributed by atoms with E-state index in [9.17, 15) is 9.18 Å². The molecule has 0 amide bonds. The normalized spacial score (nSPS) is 10.1. The zero-order valence-corrected chi connectivity index (χ0v) is 8.64. The number of halogens is 1. The summed E-state index contributed by atoms with van der Waals surface area (Å²) >= 11 is 0. The second kappa shape index (κ2) is 4.14. The molecule has 0 aliphatic heterocycles. The largest absolute Gasteiger partial charge is 0.384 e. The van der Waals surface area contributed by atoms with Gasteiger partial charge in [0, 0.05) is 19.3 Å². The molecule has 16 heavy (non-hydrogen) atoms. The number of anilines is 1. The molecule has 0 saturated heterocycles. The molecule has 4 nitrogen and oxygen atoms in total. The average molecular weight is 219 g/mol. The van der Waals surface area contributed by atoms with Crippen LogP contribution in [0.3, 0.4) is 0 Å². The van der Waals surface area contributed by atoms with Crippen molar-refractivity contribution in [3.05, 3.63) is 53.0 Å². The van der Waals surface area contributed by atoms with Gasteiger partial charge in [0.25, 0.3) is 5.56 Å². The van der Waals surface area contributed by atoms with Gasteiger partial charge in [-0.15, -0.1) is 0 Å². The van der Waals surface area contributed by atoms with Gasteiger partial charge in [0.2, 0.25) is 0 Å². The van der Waals surface area contributed by atoms with E-state index in [-0.39, 0.29) is 5.56 Å². The lowest BCUT2D eigenvalue weighted by Crippen LogP contribution is -2.20. The highest BCUT2D eigenvalue weighted by Gasteiger charge is 2.04. The highest BCUT2D eigenvalue weighted by molar-refractivity contribution is 5.42. The molecule has 0 atom stereocenters. The standard InChI is InChI=1S/C11H10FN3O/c1-13-10-3-2-4-15(11(10)16)9-5-8(12)6-14-7-9/h2-7,13H,1H3. The molecule has 82 valence electrons. The van der Waals surface area contributed by atoms with Gasteiger partial charge >= 0.3 is 0 Å². The first kappa shape index (κ1) is 10.4. The van der Waals surface area contributed by atoms with Gasteiger partial charge < -0.3 is 5.32 Å². The molecule has 0 saturated carbocycles. The fraction of sp³-hybridized carbons (Fsp3) is 0.0909. The minimum Gasteiger partial charge on any atom is -0.384 e. The van der Waals surface area contributed by atoms with E-state index in [1.807, 2.05) is 0 Å². The van der Waals surface area contributed by atoms with Crippen molar-refractivity contribution in [3.63, 3.8) is 0 Å². The molecule has 0 bridgehead atoms. The summed E-state index contributed by atoms with van der Waals surface area (Å²) < 4.78 is 14.3. The van der Waals surface area contributed by atoms with Crippen LogP contribution in [0.2, 0.25) is 0 Å². The first-order valence-electron chi connectivity index (χ1n) is 4.72. The minimum atomic E-state index is -0.473. The summed E-state index contributed by atoms with van der Waals surface area (Å²) in [7, 11) is 1.66. The topological polar surface area (TPSA) is 46.9 Å². The van der Waals surface area contributed by atoms with Crippen molar-refractivity contribution in [2.45, 2.75) is 0 Å². The summed E-state index contributed by atoms with van der Waals surface area (Å²) in [5.74, 6) is -0.473. The number of rotatable bonds is 2. The third-order valence-electron chi connectivity index (χ3n) is 2.19. The quantitative estimate of drug-likeness (QED) is 0.830. The average Bonchev–Trinajstić information content (AvgIpc) is 2.29. The van der Waals surface area contributed by atoms with Crippen LogP contribution < -0.4 is 10.9 Å². The Morgan fingerprint density at radius 1 is 1.44 bits per heavy atom. The van der Waals surface area contributed by atoms with E-state index in [4.69, 9.17) is 0 Å². The van der Waals surface area contributed by atoms with Crippen LogP contribution in [0.5, 0.6) is 0 Å². The number of pyridine rings is 2. The van der Waals surface area contributed by atoms with Gasteiger partial charge in [0.1, 0.15) is 11.5 Å². The molecule has 2 rings (SSSR count). The minimum absolute atomic E-state index is 0.239. The molecule has 0 fully saturated rings. The maximum atomic E-state index is 13.0. The van der Waals surface area contributed by atoms with Crippen molar-refractivity contribution in [1.82, 2.24) is 9.55 Å². The van der Waals surface area contributed by atoms with Crippen molar-refractivity contribution in [2.75, 3.05) is 12.4 Å². The smallest absolute Gasteiger partial charge is 0.278 e. The highest BCUT2D eigenvalue weighted by atomic mass is 19.1. The SMILES string of the molecule is CNc1cccn(-c2cncc(F)c2)c1=O. The number of hydrogen-bond acceptors (Lipinski definition) is 3. The van der Waals surface area contributed by atoms with Crippen molar-refractivity contribution in [3.8, 4) is 5.69 Å². The molecule has 0 aliphatic carbocycles. The van der Waals surface area contributed by atoms with E-state index in [0.29, 0.717) is 11.4 Å². The second-order valence-electron chi connectivity index (χ2n) is 3.21. The Kier molecular flexibility index (Phi) is 2.68. The summed E-state index contributed by atoms with van der Waals surface area (Å²) in [6.45, 7) is 0. The third kappa shape index (κ3) is 1.79. The molecular formula is C11H10FN3O. The highest BCUT2D eigenvalue weighted by Crippen LogP contribution is 2.07. The van der Waals surface area contributed by atoms with Crippen LogP contribution in [0, 0.1) is 5.82 Å². The van der Waals surface area contributed by atoms with Crippen molar-refractivity contribution < 1.29 is 4.39 Å². The Morgan fingerprint density at radius 3 is 2.94 bits per heavy atom. The number of aromatic nitrogens is 2. The van der Waals surface area contributed by atoms with E-state index < -0.39 is 5.82 Å². The second-order valence-corrected chi connectivity index (χ2v) is 3.21. The molecule has 2 aromatic heterocycles. The Hall–Kier alpha value is -2.17. The molecule has 0 unspecified atom stereocenters. The number of hydrogen-bond donors (Lipinski definition) is 1. The van der Waals surface area contributed by atoms with Gasteiger partial charge in [-0.05, 0) is 12.1 Å². The van der Waals surface area contributed by atoms with Crippen LogP contribution in [0.15, 0.2) is 41.6 Å². The van der Waals surface area contributed by atoms with Gasteiger partial charge in [0.15, 0.2) is 0 Å². The van der Waals surface area contributed by atoms with Crippen LogP contribution in [-0.4, -0.2) is 16.6 Å². The Morgan fingerprint density at radius 2 is 2.25 bits per heavy atom. The van der Waals surface area contributed by atoms with Gasteiger partial charge in [-0.3, -0.25) is 14.3 Å². The number of nitrogens with one attached hydrogen (secondary N) is 1. The Balaban J connectivity index is 2.61. The molecule has 2 heterocycles. The summed E-state index contributed by atoms with van der Waals surface area (Å²) in [6.07, 6.45) is 4.10. The summed E-state index contributed by atoms with van der Waals surface area (Å²) in [4.78, 5) is 15.6. The lowest BCUT2D eigenvalue weighted by Gasteiger charge is -2.07. The molecular weight excluding hydrogens is 209 g/mol. The van der Waals surface area contributed by atoms with Gasteiger partial charge in [-0.2, -0.15) is 0 Å². The third-order valence-corrected chi connectivity index (χ3v) is 2.19. The molecule has 5 heteroatoms. The Labute approximate surface area is 91.4 Å². The van der Waals surface area contributed by atoms with E-state index >= 15 is 0 Å². The Bertz CT molecular complexity index is 565. The van der Waals surface area contributed by atoms with E-state index in [0.717, 1.165) is 6.20 Å². The monoisotopic (exact) mass is 219 g/mol. The van der Waals surface area contributed by atoms with Gasteiger partial charge in [-0.25, -0.2) is 4.39 Å². The van der Waals surface area contributed by atoms with Crippen LogP contribution in [0.25, 0.3) is 5.69 Å². The van der Waals surface area contributed by atoms with E-state index in [1.165, 1.54) is 16.8 Å². The van der Waals surface area contributed by atoms with Gasteiger partial charge in [-0.1, -0.05) is 0 Å². The van der Waals surface area contributed by atoms with E-state index in [1.54, 1.807) is 25.4 Å².